The van der Waals surface area contributed by atoms with E-state index < -0.39 is 10.0 Å². The monoisotopic (exact) mass is 312 g/mol. The Hall–Kier alpha value is -1.56. The van der Waals surface area contributed by atoms with E-state index in [9.17, 15) is 13.2 Å². The fourth-order valence-electron chi connectivity index (χ4n) is 1.68. The van der Waals surface area contributed by atoms with E-state index in [1.165, 1.54) is 0 Å². The van der Waals surface area contributed by atoms with Crippen LogP contribution in [0.4, 0.5) is 5.69 Å². The number of sulfonamides is 1. The van der Waals surface area contributed by atoms with E-state index in [0.29, 0.717) is 23.6 Å². The molecule has 0 aliphatic carbocycles. The van der Waals surface area contributed by atoms with E-state index in [-0.39, 0.29) is 17.7 Å². The lowest BCUT2D eigenvalue weighted by atomic mass is 10.1. The van der Waals surface area contributed by atoms with Crippen molar-refractivity contribution < 1.29 is 13.2 Å². The predicted molar refractivity (Wildman–Crippen MR) is 85.9 cm³/mol. The summed E-state index contributed by atoms with van der Waals surface area (Å²) in [7, 11) is -3.35. The third-order valence-electron chi connectivity index (χ3n) is 3.23. The molecule has 5 nitrogen and oxygen atoms in total. The predicted octanol–water partition coefficient (Wildman–Crippen LogP) is 2.61. The summed E-state index contributed by atoms with van der Waals surface area (Å²) in [6, 6.07) is 6.57. The van der Waals surface area contributed by atoms with Gasteiger partial charge in [-0.05, 0) is 37.5 Å². The lowest BCUT2D eigenvalue weighted by Gasteiger charge is -2.17. The van der Waals surface area contributed by atoms with E-state index in [1.54, 1.807) is 31.2 Å². The average Bonchev–Trinajstić information content (AvgIpc) is 2.37. The van der Waals surface area contributed by atoms with Gasteiger partial charge in [0.05, 0.1) is 5.75 Å². The molecule has 0 saturated heterocycles. The number of nitrogens with one attached hydrogen (secondary N) is 2. The number of rotatable bonds is 7. The normalized spacial score (nSPS) is 13.0. The molecule has 0 spiro atoms. The van der Waals surface area contributed by atoms with Crippen LogP contribution in [0.2, 0.25) is 0 Å². The summed E-state index contributed by atoms with van der Waals surface area (Å²) < 4.78 is 26.0. The quantitative estimate of drug-likeness (QED) is 0.812. The molecule has 0 bridgehead atoms. The Morgan fingerprint density at radius 3 is 2.48 bits per heavy atom. The Balaban J connectivity index is 2.83. The van der Waals surface area contributed by atoms with Gasteiger partial charge in [0.2, 0.25) is 10.0 Å². The standard InChI is InChI=1S/C15H24N2O3S/c1-5-9-21(19,20)17-14-8-6-7-13(10-14)15(18)16-12(4)11(2)3/h6-8,10-12,17H,5,9H2,1-4H3,(H,16,18). The van der Waals surface area contributed by atoms with Crippen molar-refractivity contribution in [1.29, 1.82) is 0 Å². The van der Waals surface area contributed by atoms with Gasteiger partial charge in [-0.25, -0.2) is 8.42 Å². The van der Waals surface area contributed by atoms with Crippen molar-refractivity contribution in [1.82, 2.24) is 5.32 Å². The average molecular weight is 312 g/mol. The zero-order valence-corrected chi connectivity index (χ0v) is 13.8. The third-order valence-corrected chi connectivity index (χ3v) is 4.72. The van der Waals surface area contributed by atoms with Gasteiger partial charge in [0.25, 0.3) is 5.91 Å². The summed E-state index contributed by atoms with van der Waals surface area (Å²) in [5.41, 5.74) is 0.854. The minimum atomic E-state index is -3.35. The molecule has 0 heterocycles. The maximum absolute atomic E-state index is 12.1. The fraction of sp³-hybridized carbons (Fsp3) is 0.533. The van der Waals surface area contributed by atoms with Crippen LogP contribution in [-0.2, 0) is 10.0 Å². The molecule has 1 amide bonds. The van der Waals surface area contributed by atoms with Crippen molar-refractivity contribution in [2.45, 2.75) is 40.2 Å². The number of carbonyl (C=O) groups excluding carboxylic acids is 1. The molecule has 1 rings (SSSR count). The van der Waals surface area contributed by atoms with Crippen LogP contribution in [0.3, 0.4) is 0 Å². The van der Waals surface area contributed by atoms with Crippen LogP contribution in [0.5, 0.6) is 0 Å². The first-order valence-electron chi connectivity index (χ1n) is 7.16. The second kappa shape index (κ2) is 7.45. The molecule has 1 aromatic rings. The molecule has 0 fully saturated rings. The molecular formula is C15H24N2O3S. The number of hydrogen-bond acceptors (Lipinski definition) is 3. The molecule has 0 aliphatic rings. The first kappa shape index (κ1) is 17.5. The lowest BCUT2D eigenvalue weighted by molar-refractivity contribution is 0.0930. The van der Waals surface area contributed by atoms with Gasteiger partial charge in [-0.15, -0.1) is 0 Å². The van der Waals surface area contributed by atoms with E-state index in [1.807, 2.05) is 20.8 Å². The molecule has 6 heteroatoms. The molecule has 0 radical (unpaired) electrons. The van der Waals surface area contributed by atoms with Crippen LogP contribution in [-0.4, -0.2) is 26.1 Å². The summed E-state index contributed by atoms with van der Waals surface area (Å²) in [4.78, 5) is 12.1. The van der Waals surface area contributed by atoms with E-state index in [2.05, 4.69) is 10.0 Å². The van der Waals surface area contributed by atoms with E-state index >= 15 is 0 Å². The second-order valence-corrected chi connectivity index (χ2v) is 7.35. The molecule has 21 heavy (non-hydrogen) atoms. The lowest BCUT2D eigenvalue weighted by Crippen LogP contribution is -2.36. The Kier molecular flexibility index (Phi) is 6.20. The minimum Gasteiger partial charge on any atom is -0.349 e. The van der Waals surface area contributed by atoms with Gasteiger partial charge in [0.15, 0.2) is 0 Å². The van der Waals surface area contributed by atoms with Gasteiger partial charge in [0, 0.05) is 17.3 Å². The zero-order chi connectivity index (χ0) is 16.0. The molecule has 1 unspecified atom stereocenters. The van der Waals surface area contributed by atoms with Crippen molar-refractivity contribution in [3.63, 3.8) is 0 Å². The second-order valence-electron chi connectivity index (χ2n) is 5.51. The Bertz CT molecular complexity index is 582. The third kappa shape index (κ3) is 5.75. The largest absolute Gasteiger partial charge is 0.349 e. The minimum absolute atomic E-state index is 0.0536. The van der Waals surface area contributed by atoms with Crippen LogP contribution >= 0.6 is 0 Å². The highest BCUT2D eigenvalue weighted by Crippen LogP contribution is 2.13. The first-order valence-corrected chi connectivity index (χ1v) is 8.82. The highest BCUT2D eigenvalue weighted by atomic mass is 32.2. The van der Waals surface area contributed by atoms with Gasteiger partial charge in [-0.1, -0.05) is 26.8 Å². The van der Waals surface area contributed by atoms with Crippen molar-refractivity contribution in [2.24, 2.45) is 5.92 Å². The molecule has 118 valence electrons. The zero-order valence-electron chi connectivity index (χ0n) is 13.0. The molecule has 1 atom stereocenters. The van der Waals surface area contributed by atoms with Gasteiger partial charge in [-0.2, -0.15) is 0 Å². The number of carbonyl (C=O) groups is 1. The van der Waals surface area contributed by atoms with Crippen molar-refractivity contribution in [3.05, 3.63) is 29.8 Å². The molecule has 1 aromatic carbocycles. The number of anilines is 1. The SMILES string of the molecule is CCCS(=O)(=O)Nc1cccc(C(=O)NC(C)C(C)C)c1. The summed E-state index contributed by atoms with van der Waals surface area (Å²) in [6.07, 6.45) is 0.543. The van der Waals surface area contributed by atoms with E-state index in [4.69, 9.17) is 0 Å². The highest BCUT2D eigenvalue weighted by Gasteiger charge is 2.14. The summed E-state index contributed by atoms with van der Waals surface area (Å²) >= 11 is 0. The molecular weight excluding hydrogens is 288 g/mol. The van der Waals surface area contributed by atoms with Crippen LogP contribution in [0.15, 0.2) is 24.3 Å². The topological polar surface area (TPSA) is 75.3 Å². The molecule has 2 N–H and O–H groups in total. The molecule has 0 aromatic heterocycles. The van der Waals surface area contributed by atoms with Crippen LogP contribution in [0, 0.1) is 5.92 Å². The van der Waals surface area contributed by atoms with E-state index in [0.717, 1.165) is 0 Å². The fourth-order valence-corrected chi connectivity index (χ4v) is 2.81. The van der Waals surface area contributed by atoms with Crippen molar-refractivity contribution >= 4 is 21.6 Å². The van der Waals surface area contributed by atoms with Crippen LogP contribution in [0.25, 0.3) is 0 Å². The number of benzene rings is 1. The smallest absolute Gasteiger partial charge is 0.251 e. The number of hydrogen-bond donors (Lipinski definition) is 2. The molecule has 0 aliphatic heterocycles. The first-order chi connectivity index (χ1) is 9.75. The van der Waals surface area contributed by atoms with Crippen LogP contribution < -0.4 is 10.0 Å². The van der Waals surface area contributed by atoms with Gasteiger partial charge >= 0.3 is 0 Å². The van der Waals surface area contributed by atoms with Crippen molar-refractivity contribution in [2.75, 3.05) is 10.5 Å². The molecule has 0 saturated carbocycles. The Morgan fingerprint density at radius 1 is 1.24 bits per heavy atom. The van der Waals surface area contributed by atoms with Crippen LogP contribution in [0.1, 0.15) is 44.5 Å². The van der Waals surface area contributed by atoms with Gasteiger partial charge in [-0.3, -0.25) is 9.52 Å². The van der Waals surface area contributed by atoms with Gasteiger partial charge < -0.3 is 5.32 Å². The Morgan fingerprint density at radius 2 is 1.90 bits per heavy atom. The summed E-state index contributed by atoms with van der Waals surface area (Å²) in [6.45, 7) is 7.80. The maximum atomic E-state index is 12.1. The number of amides is 1. The maximum Gasteiger partial charge on any atom is 0.251 e. The highest BCUT2D eigenvalue weighted by molar-refractivity contribution is 7.92. The summed E-state index contributed by atoms with van der Waals surface area (Å²) in [5, 5.41) is 2.89. The Labute approximate surface area is 127 Å². The van der Waals surface area contributed by atoms with Crippen molar-refractivity contribution in [3.8, 4) is 0 Å². The summed E-state index contributed by atoms with van der Waals surface area (Å²) in [5.74, 6) is 0.196. The van der Waals surface area contributed by atoms with Gasteiger partial charge in [0.1, 0.15) is 0 Å².